The fraction of sp³-hybridized carbons (Fsp3) is 0.500. The summed E-state index contributed by atoms with van der Waals surface area (Å²) in [6, 6.07) is 4.51. The van der Waals surface area contributed by atoms with Crippen LogP contribution in [0, 0.1) is 16.7 Å². The molecule has 210 valence electrons. The van der Waals surface area contributed by atoms with Crippen LogP contribution in [0.15, 0.2) is 36.7 Å². The fourth-order valence-electron chi connectivity index (χ4n) is 5.54. The van der Waals surface area contributed by atoms with E-state index in [0.29, 0.717) is 5.56 Å². The summed E-state index contributed by atoms with van der Waals surface area (Å²) in [7, 11) is 0. The Morgan fingerprint density at radius 3 is 2.15 bits per heavy atom. The molecule has 2 aromatic rings. The van der Waals surface area contributed by atoms with Gasteiger partial charge >= 0.3 is 12.4 Å². The Morgan fingerprint density at radius 1 is 1.00 bits per heavy atom. The van der Waals surface area contributed by atoms with Gasteiger partial charge < -0.3 is 9.80 Å². The first-order chi connectivity index (χ1) is 18.2. The van der Waals surface area contributed by atoms with E-state index in [1.165, 1.54) is 34.1 Å². The number of nitrogens with one attached hydrogen (secondary N) is 1. The van der Waals surface area contributed by atoms with E-state index in [2.05, 4.69) is 5.10 Å². The second kappa shape index (κ2) is 8.96. The zero-order valence-corrected chi connectivity index (χ0v) is 20.3. The van der Waals surface area contributed by atoms with Crippen molar-refractivity contribution in [1.82, 2.24) is 25.0 Å². The lowest BCUT2D eigenvalue weighted by molar-refractivity contribution is -0.205. The standard InChI is InChI=1S/C24H24F6N6O3/c25-23(26,27)16-3-1-14(2-4-16)8-36-9-15(7-32-36)19(38)34-10-17(18(37)33-31)21(11-34)12-35(13-21)20(39)22(5-6-22)24(28,29)30/h1-4,7,9,17H,5-6,8,10-13,31H2,(H,33,37). The summed E-state index contributed by atoms with van der Waals surface area (Å²) >= 11 is 0. The van der Waals surface area contributed by atoms with E-state index in [1.54, 1.807) is 0 Å². The number of amides is 3. The van der Waals surface area contributed by atoms with E-state index in [1.807, 2.05) is 5.43 Å². The second-order valence-corrected chi connectivity index (χ2v) is 10.5. The molecule has 1 aliphatic carbocycles. The minimum Gasteiger partial charge on any atom is -0.340 e. The van der Waals surface area contributed by atoms with Gasteiger partial charge in [0.1, 0.15) is 5.41 Å². The minimum atomic E-state index is -4.65. The molecule has 39 heavy (non-hydrogen) atoms. The first-order valence-electron chi connectivity index (χ1n) is 12.0. The number of carbonyl (C=O) groups is 3. The van der Waals surface area contributed by atoms with E-state index in [9.17, 15) is 40.7 Å². The third-order valence-electron chi connectivity index (χ3n) is 7.90. The van der Waals surface area contributed by atoms with Crippen LogP contribution in [0.5, 0.6) is 0 Å². The van der Waals surface area contributed by atoms with Gasteiger partial charge in [-0.1, -0.05) is 12.1 Å². The van der Waals surface area contributed by atoms with Gasteiger partial charge in [-0.05, 0) is 30.5 Å². The Kier molecular flexibility index (Phi) is 6.20. The van der Waals surface area contributed by atoms with Crippen LogP contribution in [0.2, 0.25) is 0 Å². The maximum Gasteiger partial charge on any atom is 0.416 e. The summed E-state index contributed by atoms with van der Waals surface area (Å²) in [6.07, 6.45) is -6.96. The number of nitrogens with zero attached hydrogens (tertiary/aromatic N) is 4. The molecular weight excluding hydrogens is 534 g/mol. The number of benzene rings is 1. The Bertz CT molecular complexity index is 1290. The maximum atomic E-state index is 13.4. The van der Waals surface area contributed by atoms with Crippen molar-refractivity contribution in [2.24, 2.45) is 22.6 Å². The van der Waals surface area contributed by atoms with Crippen LogP contribution >= 0.6 is 0 Å². The van der Waals surface area contributed by atoms with E-state index in [0.717, 1.165) is 17.0 Å². The van der Waals surface area contributed by atoms with E-state index in [-0.39, 0.29) is 51.1 Å². The minimum absolute atomic E-state index is 0.0246. The molecule has 0 bridgehead atoms. The Balaban J connectivity index is 1.26. The maximum absolute atomic E-state index is 13.4. The van der Waals surface area contributed by atoms with Gasteiger partial charge in [0.2, 0.25) is 11.8 Å². The number of carbonyl (C=O) groups excluding carboxylic acids is 3. The lowest BCUT2D eigenvalue weighted by atomic mass is 9.70. The lowest BCUT2D eigenvalue weighted by Gasteiger charge is -2.51. The van der Waals surface area contributed by atoms with Gasteiger partial charge in [-0.25, -0.2) is 5.84 Å². The van der Waals surface area contributed by atoms with Gasteiger partial charge in [0.05, 0.1) is 29.8 Å². The molecule has 3 aliphatic rings. The first-order valence-corrected chi connectivity index (χ1v) is 12.0. The number of hydrogen-bond acceptors (Lipinski definition) is 5. The van der Waals surface area contributed by atoms with Crippen molar-refractivity contribution in [3.8, 4) is 0 Å². The van der Waals surface area contributed by atoms with Gasteiger partial charge in [-0.3, -0.25) is 24.5 Å². The molecule has 1 aromatic heterocycles. The quantitative estimate of drug-likeness (QED) is 0.253. The monoisotopic (exact) mass is 558 g/mol. The van der Waals surface area contributed by atoms with Crippen LogP contribution in [0.1, 0.15) is 34.3 Å². The van der Waals surface area contributed by atoms with Crippen molar-refractivity contribution >= 4 is 17.7 Å². The predicted molar refractivity (Wildman–Crippen MR) is 121 cm³/mol. The molecule has 1 unspecified atom stereocenters. The average Bonchev–Trinajstić information content (AvgIpc) is 3.40. The van der Waals surface area contributed by atoms with Crippen LogP contribution in [-0.4, -0.2) is 69.7 Å². The Hall–Kier alpha value is -3.62. The summed E-state index contributed by atoms with van der Waals surface area (Å²) in [5.41, 5.74) is -1.37. The van der Waals surface area contributed by atoms with Crippen LogP contribution in [0.25, 0.3) is 0 Å². The normalized spacial score (nSPS) is 21.6. The molecule has 0 radical (unpaired) electrons. The Labute approximate surface area is 217 Å². The number of hydrogen-bond donors (Lipinski definition) is 2. The molecule has 2 aliphatic heterocycles. The summed E-state index contributed by atoms with van der Waals surface area (Å²) in [4.78, 5) is 40.8. The van der Waals surface area contributed by atoms with Gasteiger partial charge in [-0.15, -0.1) is 0 Å². The third-order valence-corrected chi connectivity index (χ3v) is 7.90. The largest absolute Gasteiger partial charge is 0.416 e. The number of halogens is 6. The van der Waals surface area contributed by atoms with Crippen molar-refractivity contribution in [3.63, 3.8) is 0 Å². The Morgan fingerprint density at radius 2 is 1.62 bits per heavy atom. The molecule has 2 saturated heterocycles. The van der Waals surface area contributed by atoms with Crippen molar-refractivity contribution in [2.75, 3.05) is 26.2 Å². The lowest BCUT2D eigenvalue weighted by Crippen LogP contribution is -2.66. The highest BCUT2D eigenvalue weighted by Crippen LogP contribution is 2.60. The number of aromatic nitrogens is 2. The molecule has 3 fully saturated rings. The van der Waals surface area contributed by atoms with Crippen molar-refractivity contribution in [3.05, 3.63) is 53.3 Å². The summed E-state index contributed by atoms with van der Waals surface area (Å²) < 4.78 is 80.0. The molecule has 1 saturated carbocycles. The van der Waals surface area contributed by atoms with Gasteiger partial charge in [0, 0.05) is 37.8 Å². The predicted octanol–water partition coefficient (Wildman–Crippen LogP) is 2.18. The van der Waals surface area contributed by atoms with Gasteiger partial charge in [0.15, 0.2) is 0 Å². The topological polar surface area (TPSA) is 114 Å². The number of rotatable bonds is 5. The van der Waals surface area contributed by atoms with Crippen LogP contribution < -0.4 is 11.3 Å². The highest BCUT2D eigenvalue weighted by Gasteiger charge is 2.71. The number of likely N-dealkylation sites (tertiary alicyclic amines) is 2. The second-order valence-electron chi connectivity index (χ2n) is 10.5. The number of alkyl halides is 6. The molecule has 9 nitrogen and oxygen atoms in total. The molecule has 1 aromatic carbocycles. The molecule has 1 atom stereocenters. The third kappa shape index (κ3) is 4.61. The van der Waals surface area contributed by atoms with Crippen molar-refractivity contribution in [2.45, 2.75) is 31.7 Å². The molecular formula is C24H24F6N6O3. The van der Waals surface area contributed by atoms with Crippen molar-refractivity contribution < 1.29 is 40.7 Å². The SMILES string of the molecule is NNC(=O)C1CN(C(=O)c2cnn(Cc3ccc(C(F)(F)F)cc3)c2)CC12CN(C(=O)C1(C(F)(F)F)CC1)C2. The van der Waals surface area contributed by atoms with Gasteiger partial charge in [0.25, 0.3) is 5.91 Å². The molecule has 3 amide bonds. The molecule has 3 heterocycles. The van der Waals surface area contributed by atoms with E-state index in [4.69, 9.17) is 5.84 Å². The van der Waals surface area contributed by atoms with Gasteiger partial charge in [-0.2, -0.15) is 31.4 Å². The number of hydrazine groups is 1. The van der Waals surface area contributed by atoms with Crippen LogP contribution in [0.4, 0.5) is 26.3 Å². The zero-order valence-electron chi connectivity index (χ0n) is 20.3. The average molecular weight is 558 g/mol. The number of nitrogens with two attached hydrogens (primary N) is 1. The first kappa shape index (κ1) is 27.0. The molecule has 15 heteroatoms. The highest BCUT2D eigenvalue weighted by molar-refractivity contribution is 5.95. The smallest absolute Gasteiger partial charge is 0.340 e. The highest BCUT2D eigenvalue weighted by atomic mass is 19.4. The summed E-state index contributed by atoms with van der Waals surface area (Å²) in [5.74, 6) is 2.39. The fourth-order valence-corrected chi connectivity index (χ4v) is 5.54. The van der Waals surface area contributed by atoms with Crippen LogP contribution in [-0.2, 0) is 22.3 Å². The van der Waals surface area contributed by atoms with Crippen LogP contribution in [0.3, 0.4) is 0 Å². The molecule has 3 N–H and O–H groups in total. The van der Waals surface area contributed by atoms with E-state index < -0.39 is 52.4 Å². The van der Waals surface area contributed by atoms with E-state index >= 15 is 0 Å². The molecule has 5 rings (SSSR count). The summed E-state index contributed by atoms with van der Waals surface area (Å²) in [6.45, 7) is -0.155. The van der Waals surface area contributed by atoms with Crippen molar-refractivity contribution in [1.29, 1.82) is 0 Å². The molecule has 1 spiro atoms. The zero-order chi connectivity index (χ0) is 28.4. The summed E-state index contributed by atoms with van der Waals surface area (Å²) in [5, 5.41) is 4.10.